The van der Waals surface area contributed by atoms with Crippen LogP contribution < -0.4 is 5.32 Å². The fraction of sp³-hybridized carbons (Fsp3) is 0.357. The topological polar surface area (TPSA) is 39.1 Å². The van der Waals surface area contributed by atoms with Gasteiger partial charge in [-0.1, -0.05) is 18.2 Å². The van der Waals surface area contributed by atoms with Crippen LogP contribution in [0.5, 0.6) is 0 Å². The number of nitrogens with one attached hydrogen (secondary N) is 1. The van der Waals surface area contributed by atoms with Gasteiger partial charge in [0, 0.05) is 26.0 Å². The van der Waals surface area contributed by atoms with E-state index in [2.05, 4.69) is 40.0 Å². The molecule has 0 amide bonds. The van der Waals surface area contributed by atoms with Crippen molar-refractivity contribution < 1.29 is 4.74 Å². The van der Waals surface area contributed by atoms with Gasteiger partial charge in [0.15, 0.2) is 0 Å². The van der Waals surface area contributed by atoms with Gasteiger partial charge in [-0.05, 0) is 25.0 Å². The highest BCUT2D eigenvalue weighted by Gasteiger charge is 2.07. The maximum Gasteiger partial charge on any atom is 0.207 e. The van der Waals surface area contributed by atoms with Crippen LogP contribution in [0.25, 0.3) is 5.69 Å². The van der Waals surface area contributed by atoms with E-state index < -0.39 is 0 Å². The molecule has 1 aromatic heterocycles. The van der Waals surface area contributed by atoms with Crippen molar-refractivity contribution in [3.05, 3.63) is 42.2 Å². The van der Waals surface area contributed by atoms with E-state index in [0.29, 0.717) is 0 Å². The molecular weight excluding hydrogens is 226 g/mol. The summed E-state index contributed by atoms with van der Waals surface area (Å²) < 4.78 is 7.23. The molecule has 0 atom stereocenters. The van der Waals surface area contributed by atoms with E-state index in [9.17, 15) is 0 Å². The number of aromatic nitrogens is 2. The fourth-order valence-electron chi connectivity index (χ4n) is 1.96. The van der Waals surface area contributed by atoms with Gasteiger partial charge in [0.05, 0.1) is 12.3 Å². The minimum absolute atomic E-state index is 0.724. The van der Waals surface area contributed by atoms with Crippen LogP contribution in [-0.2, 0) is 11.2 Å². The summed E-state index contributed by atoms with van der Waals surface area (Å²) in [7, 11) is 1.73. The zero-order valence-corrected chi connectivity index (χ0v) is 10.9. The molecule has 1 aromatic carbocycles. The van der Waals surface area contributed by atoms with Crippen molar-refractivity contribution >= 4 is 5.95 Å². The molecular formula is C14H19N3O. The van der Waals surface area contributed by atoms with Gasteiger partial charge >= 0.3 is 0 Å². The van der Waals surface area contributed by atoms with Gasteiger partial charge in [-0.3, -0.25) is 4.57 Å². The van der Waals surface area contributed by atoms with Crippen molar-refractivity contribution in [3.63, 3.8) is 0 Å². The number of anilines is 1. The molecule has 0 aliphatic carbocycles. The first-order valence-electron chi connectivity index (χ1n) is 6.21. The minimum Gasteiger partial charge on any atom is -0.384 e. The summed E-state index contributed by atoms with van der Waals surface area (Å²) in [6, 6.07) is 8.33. The first-order chi connectivity index (χ1) is 8.86. The molecule has 0 bridgehead atoms. The molecule has 0 aliphatic rings. The van der Waals surface area contributed by atoms with Crippen LogP contribution in [0, 0.1) is 0 Å². The Hall–Kier alpha value is -1.81. The first kappa shape index (κ1) is 12.6. The zero-order valence-electron chi connectivity index (χ0n) is 10.9. The highest BCUT2D eigenvalue weighted by atomic mass is 16.5. The lowest BCUT2D eigenvalue weighted by Crippen LogP contribution is -2.07. The van der Waals surface area contributed by atoms with Crippen LogP contribution in [-0.4, -0.2) is 29.8 Å². The molecule has 0 radical (unpaired) electrons. The predicted molar refractivity (Wildman–Crippen MR) is 73.3 cm³/mol. The lowest BCUT2D eigenvalue weighted by Gasteiger charge is -2.13. The highest BCUT2D eigenvalue weighted by Crippen LogP contribution is 2.19. The smallest absolute Gasteiger partial charge is 0.207 e. The van der Waals surface area contributed by atoms with Gasteiger partial charge in [-0.25, -0.2) is 4.98 Å². The summed E-state index contributed by atoms with van der Waals surface area (Å²) in [6.45, 7) is 3.65. The van der Waals surface area contributed by atoms with Gasteiger partial charge in [0.2, 0.25) is 5.95 Å². The van der Waals surface area contributed by atoms with Crippen LogP contribution in [0.4, 0.5) is 5.95 Å². The molecule has 0 unspecified atom stereocenters. The molecule has 1 N–H and O–H groups in total. The highest BCUT2D eigenvalue weighted by molar-refractivity contribution is 5.47. The van der Waals surface area contributed by atoms with Crippen molar-refractivity contribution in [2.24, 2.45) is 0 Å². The quantitative estimate of drug-likeness (QED) is 0.850. The van der Waals surface area contributed by atoms with Crippen molar-refractivity contribution in [3.8, 4) is 5.69 Å². The van der Waals surface area contributed by atoms with Crippen molar-refractivity contribution in [2.45, 2.75) is 13.3 Å². The number of benzene rings is 1. The zero-order chi connectivity index (χ0) is 12.8. The standard InChI is InChI=1S/C14H19N3O/c1-3-15-14-16-9-10-17(14)13-7-5-4-6-12(13)8-11-18-2/h4-7,9-10H,3,8,11H2,1-2H3,(H,15,16). The number of hydrogen-bond acceptors (Lipinski definition) is 3. The maximum absolute atomic E-state index is 5.16. The van der Waals surface area contributed by atoms with E-state index in [1.807, 2.05) is 18.5 Å². The summed E-state index contributed by atoms with van der Waals surface area (Å²) in [5.74, 6) is 0.877. The van der Waals surface area contributed by atoms with E-state index in [1.54, 1.807) is 7.11 Å². The number of para-hydroxylation sites is 1. The van der Waals surface area contributed by atoms with Crippen LogP contribution in [0.1, 0.15) is 12.5 Å². The Kier molecular flexibility index (Phi) is 4.36. The van der Waals surface area contributed by atoms with Crippen LogP contribution in [0.3, 0.4) is 0 Å². The molecule has 0 saturated heterocycles. The number of nitrogens with zero attached hydrogens (tertiary/aromatic N) is 2. The summed E-state index contributed by atoms with van der Waals surface area (Å²) in [4.78, 5) is 4.32. The number of hydrogen-bond donors (Lipinski definition) is 1. The molecule has 18 heavy (non-hydrogen) atoms. The van der Waals surface area contributed by atoms with E-state index >= 15 is 0 Å². The lowest BCUT2D eigenvalue weighted by atomic mass is 10.1. The third-order valence-corrected chi connectivity index (χ3v) is 2.80. The number of rotatable bonds is 6. The molecule has 96 valence electrons. The molecule has 0 fully saturated rings. The van der Waals surface area contributed by atoms with Crippen LogP contribution in [0.2, 0.25) is 0 Å². The second kappa shape index (κ2) is 6.21. The number of ether oxygens (including phenoxy) is 1. The summed E-state index contributed by atoms with van der Waals surface area (Å²) in [5, 5.41) is 3.26. The molecule has 0 aliphatic heterocycles. The lowest BCUT2D eigenvalue weighted by molar-refractivity contribution is 0.202. The Balaban J connectivity index is 2.33. The molecule has 0 spiro atoms. The Labute approximate surface area is 108 Å². The van der Waals surface area contributed by atoms with Crippen molar-refractivity contribution in [1.82, 2.24) is 9.55 Å². The van der Waals surface area contributed by atoms with Crippen molar-refractivity contribution in [2.75, 3.05) is 25.6 Å². The van der Waals surface area contributed by atoms with Crippen molar-refractivity contribution in [1.29, 1.82) is 0 Å². The van der Waals surface area contributed by atoms with Gasteiger partial charge in [0.1, 0.15) is 0 Å². The number of methoxy groups -OCH3 is 1. The average molecular weight is 245 g/mol. The molecule has 1 heterocycles. The Bertz CT molecular complexity index is 493. The molecule has 4 nitrogen and oxygen atoms in total. The van der Waals surface area contributed by atoms with Gasteiger partial charge in [-0.15, -0.1) is 0 Å². The third kappa shape index (κ3) is 2.71. The molecule has 4 heteroatoms. The summed E-state index contributed by atoms with van der Waals surface area (Å²) in [6.07, 6.45) is 4.69. The SMILES string of the molecule is CCNc1nccn1-c1ccccc1CCOC. The monoisotopic (exact) mass is 245 g/mol. The molecule has 2 aromatic rings. The van der Waals surface area contributed by atoms with Gasteiger partial charge in [0.25, 0.3) is 0 Å². The first-order valence-corrected chi connectivity index (χ1v) is 6.21. The second-order valence-corrected chi connectivity index (χ2v) is 4.02. The van der Waals surface area contributed by atoms with E-state index in [0.717, 1.165) is 31.2 Å². The third-order valence-electron chi connectivity index (χ3n) is 2.80. The van der Waals surface area contributed by atoms with Gasteiger partial charge < -0.3 is 10.1 Å². The minimum atomic E-state index is 0.724. The van der Waals surface area contributed by atoms with E-state index in [-0.39, 0.29) is 0 Å². The Morgan fingerprint density at radius 3 is 2.94 bits per heavy atom. The maximum atomic E-state index is 5.16. The fourth-order valence-corrected chi connectivity index (χ4v) is 1.96. The molecule has 2 rings (SSSR count). The summed E-state index contributed by atoms with van der Waals surface area (Å²) >= 11 is 0. The van der Waals surface area contributed by atoms with Crippen LogP contribution >= 0.6 is 0 Å². The molecule has 0 saturated carbocycles. The Morgan fingerprint density at radius 1 is 1.33 bits per heavy atom. The van der Waals surface area contributed by atoms with E-state index in [1.165, 1.54) is 5.56 Å². The van der Waals surface area contributed by atoms with E-state index in [4.69, 9.17) is 4.74 Å². The average Bonchev–Trinajstić information content (AvgIpc) is 2.85. The predicted octanol–water partition coefficient (Wildman–Crippen LogP) is 2.49. The second-order valence-electron chi connectivity index (χ2n) is 4.02. The Morgan fingerprint density at radius 2 is 2.17 bits per heavy atom. The summed E-state index contributed by atoms with van der Waals surface area (Å²) in [5.41, 5.74) is 2.42. The normalized spacial score (nSPS) is 10.6. The largest absolute Gasteiger partial charge is 0.384 e. The van der Waals surface area contributed by atoms with Crippen LogP contribution in [0.15, 0.2) is 36.7 Å². The van der Waals surface area contributed by atoms with Gasteiger partial charge in [-0.2, -0.15) is 0 Å². The number of imidazole rings is 1.